The molecule has 4 rings (SSSR count). The molecule has 3 aromatic carbocycles. The summed E-state index contributed by atoms with van der Waals surface area (Å²) in [4.78, 5) is 14.8. The Bertz CT molecular complexity index is 1270. The molecule has 10 heteroatoms. The summed E-state index contributed by atoms with van der Waals surface area (Å²) in [5.74, 6) is -0.545. The Morgan fingerprint density at radius 1 is 0.919 bits per heavy atom. The number of hydrogen-bond acceptors (Lipinski definition) is 3. The Balaban J connectivity index is 1.68. The van der Waals surface area contributed by atoms with Crippen molar-refractivity contribution in [2.24, 2.45) is 0 Å². The molecule has 1 N–H and O–H groups in total. The first-order valence-electron chi connectivity index (χ1n) is 11.3. The fourth-order valence-corrected chi connectivity index (χ4v) is 4.02. The number of hydrogen-bond donors (Lipinski definition) is 1. The minimum Gasteiger partial charge on any atom is -0.484 e. The monoisotopic (exact) mass is 520 g/mol. The van der Waals surface area contributed by atoms with Gasteiger partial charge in [0.25, 0.3) is 5.91 Å². The molecule has 4 nitrogen and oxygen atoms in total. The standard InChI is InChI=1S/C27H22F6N2O2/c1-17(18-6-3-2-4-7-18)34-23-15-24(19-8-5-9-22(14-19)37-16-26(28,29)30)35(25(23)36)21-12-10-20(11-13-21)27(31,32)33/h2-15,17,24,34H,16H2,1H3/t17-,24?/m1/s1. The van der Waals surface area contributed by atoms with E-state index in [1.165, 1.54) is 35.2 Å². The molecule has 0 aromatic heterocycles. The molecule has 2 atom stereocenters. The van der Waals surface area contributed by atoms with E-state index in [9.17, 15) is 31.1 Å². The lowest BCUT2D eigenvalue weighted by atomic mass is 10.0. The average molecular weight is 520 g/mol. The molecule has 3 aromatic rings. The Hall–Kier alpha value is -3.95. The van der Waals surface area contributed by atoms with Crippen LogP contribution in [-0.4, -0.2) is 18.7 Å². The highest BCUT2D eigenvalue weighted by Crippen LogP contribution is 2.38. The van der Waals surface area contributed by atoms with Gasteiger partial charge in [-0.3, -0.25) is 9.69 Å². The molecule has 0 bridgehead atoms. The molecule has 0 spiro atoms. The smallest absolute Gasteiger partial charge is 0.422 e. The summed E-state index contributed by atoms with van der Waals surface area (Å²) in [7, 11) is 0. The highest BCUT2D eigenvalue weighted by atomic mass is 19.4. The quantitative estimate of drug-likeness (QED) is 0.342. The van der Waals surface area contributed by atoms with Gasteiger partial charge in [-0.25, -0.2) is 0 Å². The third-order valence-electron chi connectivity index (χ3n) is 5.80. The fourth-order valence-electron chi connectivity index (χ4n) is 4.02. The van der Waals surface area contributed by atoms with E-state index in [1.54, 1.807) is 12.1 Å². The zero-order valence-electron chi connectivity index (χ0n) is 19.5. The maximum Gasteiger partial charge on any atom is 0.422 e. The minimum absolute atomic E-state index is 0.0536. The van der Waals surface area contributed by atoms with Crippen LogP contribution in [0.3, 0.4) is 0 Å². The van der Waals surface area contributed by atoms with Crippen molar-refractivity contribution in [2.45, 2.75) is 31.4 Å². The van der Waals surface area contributed by atoms with Crippen molar-refractivity contribution in [3.05, 3.63) is 107 Å². The van der Waals surface area contributed by atoms with Crippen molar-refractivity contribution in [3.63, 3.8) is 0 Å². The van der Waals surface area contributed by atoms with E-state index < -0.39 is 36.5 Å². The van der Waals surface area contributed by atoms with Gasteiger partial charge < -0.3 is 10.1 Å². The lowest BCUT2D eigenvalue weighted by Crippen LogP contribution is -2.33. The number of anilines is 1. The molecule has 1 heterocycles. The van der Waals surface area contributed by atoms with Crippen molar-refractivity contribution in [1.82, 2.24) is 5.32 Å². The van der Waals surface area contributed by atoms with E-state index in [0.29, 0.717) is 5.56 Å². The summed E-state index contributed by atoms with van der Waals surface area (Å²) < 4.78 is 82.0. The molecule has 0 aliphatic carbocycles. The molecule has 0 fully saturated rings. The number of ether oxygens (including phenoxy) is 1. The Kier molecular flexibility index (Phi) is 7.20. The Morgan fingerprint density at radius 2 is 1.59 bits per heavy atom. The second kappa shape index (κ2) is 10.2. The van der Waals surface area contributed by atoms with Gasteiger partial charge in [-0.1, -0.05) is 42.5 Å². The van der Waals surface area contributed by atoms with Crippen molar-refractivity contribution in [1.29, 1.82) is 0 Å². The lowest BCUT2D eigenvalue weighted by Gasteiger charge is -2.26. The van der Waals surface area contributed by atoms with Crippen LogP contribution in [0, 0.1) is 0 Å². The maximum absolute atomic E-state index is 13.5. The van der Waals surface area contributed by atoms with Gasteiger partial charge in [-0.2, -0.15) is 26.3 Å². The zero-order valence-corrected chi connectivity index (χ0v) is 19.5. The first-order chi connectivity index (χ1) is 17.4. The SMILES string of the molecule is C[C@@H](NC1=CC(c2cccc(OCC(F)(F)F)c2)N(c2ccc(C(F)(F)F)cc2)C1=O)c1ccccc1. The van der Waals surface area contributed by atoms with Crippen LogP contribution in [0.2, 0.25) is 0 Å². The van der Waals surface area contributed by atoms with Gasteiger partial charge in [0.05, 0.1) is 17.3 Å². The molecule has 0 radical (unpaired) electrons. The van der Waals surface area contributed by atoms with Gasteiger partial charge in [0.15, 0.2) is 6.61 Å². The van der Waals surface area contributed by atoms with Gasteiger partial charge in [-0.05, 0) is 60.5 Å². The van der Waals surface area contributed by atoms with Crippen molar-refractivity contribution in [2.75, 3.05) is 11.5 Å². The largest absolute Gasteiger partial charge is 0.484 e. The summed E-state index contributed by atoms with van der Waals surface area (Å²) in [5.41, 5.74) is 0.874. The highest BCUT2D eigenvalue weighted by Gasteiger charge is 2.37. The third-order valence-corrected chi connectivity index (χ3v) is 5.80. The third kappa shape index (κ3) is 6.25. The normalized spacial score (nSPS) is 16.9. The van der Waals surface area contributed by atoms with E-state index in [1.807, 2.05) is 37.3 Å². The predicted molar refractivity (Wildman–Crippen MR) is 126 cm³/mol. The van der Waals surface area contributed by atoms with Crippen LogP contribution in [0.5, 0.6) is 5.75 Å². The molecule has 1 amide bonds. The van der Waals surface area contributed by atoms with Crippen LogP contribution < -0.4 is 15.0 Å². The first-order valence-corrected chi connectivity index (χ1v) is 11.3. The topological polar surface area (TPSA) is 41.6 Å². The van der Waals surface area contributed by atoms with Gasteiger partial charge in [-0.15, -0.1) is 0 Å². The van der Waals surface area contributed by atoms with E-state index in [4.69, 9.17) is 4.74 Å². The molecule has 1 unspecified atom stereocenters. The van der Waals surface area contributed by atoms with Gasteiger partial charge >= 0.3 is 12.4 Å². The molecule has 1 aliphatic rings. The number of carbonyl (C=O) groups excluding carboxylic acids is 1. The Morgan fingerprint density at radius 3 is 2.22 bits per heavy atom. The number of rotatable bonds is 7. The number of amides is 1. The highest BCUT2D eigenvalue weighted by molar-refractivity contribution is 6.08. The second-order valence-electron chi connectivity index (χ2n) is 8.50. The molecule has 0 saturated carbocycles. The Labute approximate surface area is 209 Å². The lowest BCUT2D eigenvalue weighted by molar-refractivity contribution is -0.153. The van der Waals surface area contributed by atoms with E-state index in [-0.39, 0.29) is 23.2 Å². The van der Waals surface area contributed by atoms with Gasteiger partial charge in [0, 0.05) is 11.7 Å². The molecule has 37 heavy (non-hydrogen) atoms. The number of nitrogens with zero attached hydrogens (tertiary/aromatic N) is 1. The maximum atomic E-state index is 13.5. The number of alkyl halides is 6. The predicted octanol–water partition coefficient (Wildman–Crippen LogP) is 6.97. The minimum atomic E-state index is -4.55. The van der Waals surface area contributed by atoms with Crippen LogP contribution >= 0.6 is 0 Å². The number of carbonyl (C=O) groups is 1. The van der Waals surface area contributed by atoms with E-state index in [2.05, 4.69) is 5.32 Å². The van der Waals surface area contributed by atoms with Gasteiger partial charge in [0.2, 0.25) is 0 Å². The van der Waals surface area contributed by atoms with E-state index >= 15 is 0 Å². The van der Waals surface area contributed by atoms with E-state index in [0.717, 1.165) is 17.7 Å². The van der Waals surface area contributed by atoms with Crippen LogP contribution in [0.25, 0.3) is 0 Å². The van der Waals surface area contributed by atoms with Crippen LogP contribution in [0.15, 0.2) is 90.6 Å². The van der Waals surface area contributed by atoms with Crippen molar-refractivity contribution in [3.8, 4) is 5.75 Å². The van der Waals surface area contributed by atoms with Crippen LogP contribution in [-0.2, 0) is 11.0 Å². The van der Waals surface area contributed by atoms with Crippen molar-refractivity contribution >= 4 is 11.6 Å². The van der Waals surface area contributed by atoms with Gasteiger partial charge in [0.1, 0.15) is 5.75 Å². The molecule has 0 saturated heterocycles. The molecule has 1 aliphatic heterocycles. The summed E-state index contributed by atoms with van der Waals surface area (Å²) in [6.45, 7) is 0.366. The fraction of sp³-hybridized carbons (Fsp3) is 0.222. The number of benzene rings is 3. The number of nitrogens with one attached hydrogen (secondary N) is 1. The first kappa shape index (κ1) is 26.1. The van der Waals surface area contributed by atoms with Crippen LogP contribution in [0.1, 0.15) is 35.7 Å². The molecular formula is C27H22F6N2O2. The summed E-state index contributed by atoms with van der Waals surface area (Å²) in [5, 5.41) is 3.15. The molecular weight excluding hydrogens is 498 g/mol. The molecule has 194 valence electrons. The zero-order chi connectivity index (χ0) is 26.8. The summed E-state index contributed by atoms with van der Waals surface area (Å²) in [6.07, 6.45) is -7.48. The number of halogens is 6. The average Bonchev–Trinajstić information content (AvgIpc) is 3.18. The van der Waals surface area contributed by atoms with Crippen LogP contribution in [0.4, 0.5) is 32.0 Å². The summed E-state index contributed by atoms with van der Waals surface area (Å²) >= 11 is 0. The van der Waals surface area contributed by atoms with Crippen molar-refractivity contribution < 1.29 is 35.9 Å². The second-order valence-corrected chi connectivity index (χ2v) is 8.50. The summed E-state index contributed by atoms with van der Waals surface area (Å²) in [6, 6.07) is 18.2.